The summed E-state index contributed by atoms with van der Waals surface area (Å²) >= 11 is 2.36. The highest BCUT2D eigenvalue weighted by Gasteiger charge is 2.30. The third-order valence-corrected chi connectivity index (χ3v) is 5.33. The summed E-state index contributed by atoms with van der Waals surface area (Å²) in [4.78, 5) is 0. The van der Waals surface area contributed by atoms with E-state index in [2.05, 4.69) is 66.1 Å². The minimum absolute atomic E-state index is 0.347. The molecule has 2 unspecified atom stereocenters. The van der Waals surface area contributed by atoms with E-state index in [-0.39, 0.29) is 0 Å². The molecule has 0 aromatic heterocycles. The van der Waals surface area contributed by atoms with Gasteiger partial charge in [0, 0.05) is 16.2 Å². The minimum Gasteiger partial charge on any atom is -0.377 e. The van der Waals surface area contributed by atoms with Crippen LogP contribution in [0.2, 0.25) is 0 Å². The second-order valence-corrected chi connectivity index (χ2v) is 7.29. The molecule has 0 amide bonds. The smallest absolute Gasteiger partial charge is 0.0759 e. The van der Waals surface area contributed by atoms with Crippen LogP contribution in [-0.4, -0.2) is 25.8 Å². The summed E-state index contributed by atoms with van der Waals surface area (Å²) in [6, 6.07) is 9.29. The molecular weight excluding hydrogens is 373 g/mol. The van der Waals surface area contributed by atoms with Crippen LogP contribution >= 0.6 is 22.6 Å². The van der Waals surface area contributed by atoms with E-state index in [0.717, 1.165) is 18.9 Å². The predicted molar refractivity (Wildman–Crippen MR) is 97.7 cm³/mol. The number of hydrogen-bond acceptors (Lipinski definition) is 2. The molecule has 2 nitrogen and oxygen atoms in total. The first-order chi connectivity index (χ1) is 10.2. The zero-order valence-corrected chi connectivity index (χ0v) is 15.4. The second kappa shape index (κ2) is 9.11. The maximum absolute atomic E-state index is 6.17. The van der Waals surface area contributed by atoms with Gasteiger partial charge in [-0.1, -0.05) is 31.4 Å². The zero-order valence-electron chi connectivity index (χ0n) is 13.3. The van der Waals surface area contributed by atoms with Crippen molar-refractivity contribution in [2.45, 2.75) is 57.6 Å². The van der Waals surface area contributed by atoms with Crippen molar-refractivity contribution in [1.29, 1.82) is 0 Å². The van der Waals surface area contributed by atoms with Gasteiger partial charge in [0.2, 0.25) is 0 Å². The Kier molecular flexibility index (Phi) is 7.47. The fraction of sp³-hybridized carbons (Fsp3) is 0.667. The number of ether oxygens (including phenoxy) is 1. The van der Waals surface area contributed by atoms with E-state index >= 15 is 0 Å². The highest BCUT2D eigenvalue weighted by Crippen LogP contribution is 2.30. The van der Waals surface area contributed by atoms with Crippen molar-refractivity contribution in [3.05, 3.63) is 33.4 Å². The molecule has 0 spiro atoms. The maximum atomic E-state index is 6.17. The molecule has 1 saturated carbocycles. The standard InChI is InChI=1S/C18H28INO/c1-3-21-18(15-7-5-4-6-8-15)17(20-2)13-14-9-11-16(19)12-10-14/h9-12,15,17-18,20H,3-8,13H2,1-2H3. The number of nitrogens with one attached hydrogen (secondary N) is 1. The van der Waals surface area contributed by atoms with Crippen molar-refractivity contribution in [3.8, 4) is 0 Å². The van der Waals surface area contributed by atoms with E-state index in [9.17, 15) is 0 Å². The van der Waals surface area contributed by atoms with E-state index in [0.29, 0.717) is 12.1 Å². The van der Waals surface area contributed by atoms with Crippen LogP contribution in [0.5, 0.6) is 0 Å². The Bertz CT molecular complexity index is 400. The van der Waals surface area contributed by atoms with Crippen LogP contribution in [0.1, 0.15) is 44.6 Å². The van der Waals surface area contributed by atoms with Crippen LogP contribution in [-0.2, 0) is 11.2 Å². The summed E-state index contributed by atoms with van der Waals surface area (Å²) < 4.78 is 7.46. The van der Waals surface area contributed by atoms with Crippen molar-refractivity contribution >= 4 is 22.6 Å². The Morgan fingerprint density at radius 2 is 1.86 bits per heavy atom. The maximum Gasteiger partial charge on any atom is 0.0759 e. The van der Waals surface area contributed by atoms with Crippen molar-refractivity contribution in [2.75, 3.05) is 13.7 Å². The largest absolute Gasteiger partial charge is 0.377 e. The van der Waals surface area contributed by atoms with Crippen LogP contribution in [0, 0.1) is 9.49 Å². The number of halogens is 1. The highest BCUT2D eigenvalue weighted by molar-refractivity contribution is 14.1. The van der Waals surface area contributed by atoms with Gasteiger partial charge in [0.1, 0.15) is 0 Å². The molecule has 0 bridgehead atoms. The molecule has 3 heteroatoms. The Hall–Kier alpha value is -0.130. The van der Waals surface area contributed by atoms with Gasteiger partial charge in [-0.2, -0.15) is 0 Å². The molecule has 1 aliphatic rings. The normalized spacial score (nSPS) is 19.4. The van der Waals surface area contributed by atoms with Gasteiger partial charge in [0.15, 0.2) is 0 Å². The van der Waals surface area contributed by atoms with Crippen molar-refractivity contribution in [3.63, 3.8) is 0 Å². The average Bonchev–Trinajstić information content (AvgIpc) is 2.53. The first kappa shape index (κ1) is 17.2. The third kappa shape index (κ3) is 5.22. The molecule has 1 aromatic carbocycles. The van der Waals surface area contributed by atoms with Crippen LogP contribution in [0.15, 0.2) is 24.3 Å². The molecule has 21 heavy (non-hydrogen) atoms. The van der Waals surface area contributed by atoms with Crippen molar-refractivity contribution < 1.29 is 4.74 Å². The van der Waals surface area contributed by atoms with Gasteiger partial charge in [-0.15, -0.1) is 0 Å². The summed E-state index contributed by atoms with van der Waals surface area (Å²) in [7, 11) is 2.08. The van der Waals surface area contributed by atoms with Gasteiger partial charge in [-0.05, 0) is 79.4 Å². The predicted octanol–water partition coefficient (Wildman–Crippen LogP) is 4.41. The van der Waals surface area contributed by atoms with Crippen molar-refractivity contribution in [1.82, 2.24) is 5.32 Å². The lowest BCUT2D eigenvalue weighted by Gasteiger charge is -2.35. The molecule has 1 fully saturated rings. The lowest BCUT2D eigenvalue weighted by molar-refractivity contribution is -0.0159. The van der Waals surface area contributed by atoms with Gasteiger partial charge >= 0.3 is 0 Å². The quantitative estimate of drug-likeness (QED) is 0.684. The van der Waals surface area contributed by atoms with E-state index < -0.39 is 0 Å². The Balaban J connectivity index is 2.05. The SMILES string of the molecule is CCOC(C1CCCCC1)C(Cc1ccc(I)cc1)NC. The van der Waals surface area contributed by atoms with E-state index in [1.165, 1.54) is 41.2 Å². The first-order valence-electron chi connectivity index (χ1n) is 8.28. The van der Waals surface area contributed by atoms with Gasteiger partial charge in [-0.25, -0.2) is 0 Å². The van der Waals surface area contributed by atoms with Gasteiger partial charge in [-0.3, -0.25) is 0 Å². The summed E-state index contributed by atoms with van der Waals surface area (Å²) in [5.74, 6) is 0.722. The molecule has 1 aromatic rings. The molecule has 118 valence electrons. The number of rotatable bonds is 7. The fourth-order valence-electron chi connectivity index (χ4n) is 3.49. The third-order valence-electron chi connectivity index (χ3n) is 4.61. The molecule has 1 aliphatic carbocycles. The number of likely N-dealkylation sites (N-methyl/N-ethyl adjacent to an activating group) is 1. The topological polar surface area (TPSA) is 21.3 Å². The Morgan fingerprint density at radius 1 is 1.19 bits per heavy atom. The lowest BCUT2D eigenvalue weighted by Crippen LogP contribution is -2.46. The number of benzene rings is 1. The van der Waals surface area contributed by atoms with Gasteiger partial charge in [0.05, 0.1) is 6.10 Å². The summed E-state index contributed by atoms with van der Waals surface area (Å²) in [6.45, 7) is 2.93. The molecule has 0 aliphatic heterocycles. The fourth-order valence-corrected chi connectivity index (χ4v) is 3.85. The molecule has 2 rings (SSSR count). The summed E-state index contributed by atoms with van der Waals surface area (Å²) in [5.41, 5.74) is 1.40. The van der Waals surface area contributed by atoms with Crippen LogP contribution in [0.25, 0.3) is 0 Å². The van der Waals surface area contributed by atoms with E-state index in [1.54, 1.807) is 0 Å². The van der Waals surface area contributed by atoms with Crippen LogP contribution < -0.4 is 5.32 Å². The minimum atomic E-state index is 0.347. The Morgan fingerprint density at radius 3 is 2.43 bits per heavy atom. The van der Waals surface area contributed by atoms with E-state index in [4.69, 9.17) is 4.74 Å². The lowest BCUT2D eigenvalue weighted by atomic mass is 9.81. The molecule has 0 radical (unpaired) electrons. The van der Waals surface area contributed by atoms with Crippen molar-refractivity contribution in [2.24, 2.45) is 5.92 Å². The number of hydrogen-bond donors (Lipinski definition) is 1. The molecule has 1 N–H and O–H groups in total. The Labute approximate surface area is 143 Å². The zero-order chi connectivity index (χ0) is 15.1. The average molecular weight is 401 g/mol. The summed E-state index contributed by atoms with van der Waals surface area (Å²) in [6.07, 6.45) is 8.19. The van der Waals surface area contributed by atoms with Gasteiger partial charge in [0.25, 0.3) is 0 Å². The molecule has 0 saturated heterocycles. The monoisotopic (exact) mass is 401 g/mol. The highest BCUT2D eigenvalue weighted by atomic mass is 127. The molecule has 0 heterocycles. The van der Waals surface area contributed by atoms with Gasteiger partial charge < -0.3 is 10.1 Å². The van der Waals surface area contributed by atoms with E-state index in [1.807, 2.05) is 0 Å². The summed E-state index contributed by atoms with van der Waals surface area (Å²) in [5, 5.41) is 3.52. The first-order valence-corrected chi connectivity index (χ1v) is 9.35. The van der Waals surface area contributed by atoms with Crippen LogP contribution in [0.4, 0.5) is 0 Å². The van der Waals surface area contributed by atoms with Crippen LogP contribution in [0.3, 0.4) is 0 Å². The molecular formula is C18H28INO. The molecule has 2 atom stereocenters. The second-order valence-electron chi connectivity index (χ2n) is 6.04.